The van der Waals surface area contributed by atoms with Crippen molar-refractivity contribution in [1.82, 2.24) is 9.71 Å². The maximum absolute atomic E-state index is 12.4. The fourth-order valence-corrected chi connectivity index (χ4v) is 4.90. The van der Waals surface area contributed by atoms with Crippen molar-refractivity contribution in [2.75, 3.05) is 0 Å². The van der Waals surface area contributed by atoms with Crippen LogP contribution >= 0.6 is 11.3 Å². The first-order valence-electron chi connectivity index (χ1n) is 6.26. The summed E-state index contributed by atoms with van der Waals surface area (Å²) < 4.78 is 27.1. The van der Waals surface area contributed by atoms with Gasteiger partial charge in [-0.05, 0) is 24.0 Å². The number of aryl methyl sites for hydroxylation is 1. The second-order valence-electron chi connectivity index (χ2n) is 4.70. The van der Waals surface area contributed by atoms with Crippen molar-refractivity contribution in [3.05, 3.63) is 46.6 Å². The Morgan fingerprint density at radius 3 is 2.90 bits per heavy atom. The molecule has 1 heterocycles. The van der Waals surface area contributed by atoms with Gasteiger partial charge in [0.2, 0.25) is 0 Å². The summed E-state index contributed by atoms with van der Waals surface area (Å²) >= 11 is 0.807. The van der Waals surface area contributed by atoms with E-state index in [1.807, 2.05) is 24.3 Å². The zero-order valence-corrected chi connectivity index (χ0v) is 12.4. The summed E-state index contributed by atoms with van der Waals surface area (Å²) in [5, 5.41) is 8.99. The van der Waals surface area contributed by atoms with Gasteiger partial charge < -0.3 is 5.11 Å². The van der Waals surface area contributed by atoms with Crippen LogP contribution in [-0.2, 0) is 16.4 Å². The van der Waals surface area contributed by atoms with Gasteiger partial charge in [-0.25, -0.2) is 22.9 Å². The molecule has 0 saturated heterocycles. The SMILES string of the molecule is O=C(O)c1ncsc1S(=O)(=O)NC1CCc2ccccc21. The molecule has 1 atom stereocenters. The van der Waals surface area contributed by atoms with Gasteiger partial charge in [-0.3, -0.25) is 0 Å². The fourth-order valence-electron chi connectivity index (χ4n) is 2.49. The number of nitrogens with one attached hydrogen (secondary N) is 1. The Kier molecular flexibility index (Phi) is 3.52. The predicted molar refractivity (Wildman–Crippen MR) is 76.9 cm³/mol. The monoisotopic (exact) mass is 324 g/mol. The van der Waals surface area contributed by atoms with Crippen LogP contribution < -0.4 is 4.72 Å². The van der Waals surface area contributed by atoms with Gasteiger partial charge in [0.1, 0.15) is 0 Å². The maximum Gasteiger partial charge on any atom is 0.356 e. The van der Waals surface area contributed by atoms with Gasteiger partial charge in [-0.2, -0.15) is 0 Å². The number of hydrogen-bond acceptors (Lipinski definition) is 5. The lowest BCUT2D eigenvalue weighted by atomic mass is 10.1. The smallest absolute Gasteiger partial charge is 0.356 e. The summed E-state index contributed by atoms with van der Waals surface area (Å²) in [6.07, 6.45) is 1.47. The Labute approximate surface area is 125 Å². The van der Waals surface area contributed by atoms with Crippen molar-refractivity contribution in [2.45, 2.75) is 23.1 Å². The van der Waals surface area contributed by atoms with Crippen LogP contribution in [-0.4, -0.2) is 24.5 Å². The van der Waals surface area contributed by atoms with Crippen LogP contribution in [0.25, 0.3) is 0 Å². The Bertz CT molecular complexity index is 798. The number of carboxylic acids is 1. The van der Waals surface area contributed by atoms with Gasteiger partial charge in [0, 0.05) is 6.04 Å². The lowest BCUT2D eigenvalue weighted by Crippen LogP contribution is -2.28. The van der Waals surface area contributed by atoms with E-state index in [0.717, 1.165) is 28.9 Å². The highest BCUT2D eigenvalue weighted by Gasteiger charge is 2.31. The van der Waals surface area contributed by atoms with Gasteiger partial charge in [0.05, 0.1) is 5.51 Å². The van der Waals surface area contributed by atoms with E-state index in [-0.39, 0.29) is 10.3 Å². The largest absolute Gasteiger partial charge is 0.476 e. The number of carbonyl (C=O) groups is 1. The maximum atomic E-state index is 12.4. The predicted octanol–water partition coefficient (Wildman–Crippen LogP) is 1.81. The molecule has 2 N–H and O–H groups in total. The molecule has 1 aromatic heterocycles. The molecule has 1 unspecified atom stereocenters. The Morgan fingerprint density at radius 2 is 2.14 bits per heavy atom. The number of rotatable bonds is 4. The minimum Gasteiger partial charge on any atom is -0.476 e. The fraction of sp³-hybridized carbons (Fsp3) is 0.231. The summed E-state index contributed by atoms with van der Waals surface area (Å²) in [4.78, 5) is 14.6. The number of hydrogen-bond donors (Lipinski definition) is 2. The first-order valence-corrected chi connectivity index (χ1v) is 8.62. The van der Waals surface area contributed by atoms with Crippen molar-refractivity contribution in [1.29, 1.82) is 0 Å². The number of carboxylic acid groups (broad SMARTS) is 1. The Hall–Kier alpha value is -1.77. The van der Waals surface area contributed by atoms with Gasteiger partial charge in [0.25, 0.3) is 10.0 Å². The summed E-state index contributed by atoms with van der Waals surface area (Å²) in [6.45, 7) is 0. The molecule has 1 aromatic carbocycles. The number of benzene rings is 1. The Morgan fingerprint density at radius 1 is 1.38 bits per heavy atom. The van der Waals surface area contributed by atoms with E-state index in [1.54, 1.807) is 0 Å². The van der Waals surface area contributed by atoms with Crippen LogP contribution in [0, 0.1) is 0 Å². The molecule has 6 nitrogen and oxygen atoms in total. The van der Waals surface area contributed by atoms with Gasteiger partial charge in [0.15, 0.2) is 9.90 Å². The van der Waals surface area contributed by atoms with Gasteiger partial charge >= 0.3 is 5.97 Å². The zero-order valence-electron chi connectivity index (χ0n) is 10.8. The molecular formula is C13H12N2O4S2. The average Bonchev–Trinajstić information content (AvgIpc) is 3.06. The molecule has 110 valence electrons. The minimum absolute atomic E-state index is 0.251. The molecule has 3 rings (SSSR count). The number of nitrogens with zero attached hydrogens (tertiary/aromatic N) is 1. The normalized spacial score (nSPS) is 17.6. The van der Waals surface area contributed by atoms with E-state index in [4.69, 9.17) is 5.11 Å². The van der Waals surface area contributed by atoms with E-state index < -0.39 is 21.7 Å². The molecule has 0 bridgehead atoms. The van der Waals surface area contributed by atoms with E-state index in [0.29, 0.717) is 6.42 Å². The molecule has 0 fully saturated rings. The van der Waals surface area contributed by atoms with E-state index in [9.17, 15) is 13.2 Å². The molecule has 1 aliphatic rings. The van der Waals surface area contributed by atoms with Crippen molar-refractivity contribution in [3.63, 3.8) is 0 Å². The number of thiazole rings is 1. The highest BCUT2D eigenvalue weighted by atomic mass is 32.2. The molecule has 0 radical (unpaired) electrons. The molecule has 0 amide bonds. The third-order valence-corrected chi connectivity index (χ3v) is 6.25. The summed E-state index contributed by atoms with van der Waals surface area (Å²) in [5.41, 5.74) is 2.86. The number of aromatic carboxylic acids is 1. The molecule has 1 aliphatic carbocycles. The van der Waals surface area contributed by atoms with Crippen LogP contribution in [0.1, 0.15) is 34.1 Å². The summed E-state index contributed by atoms with van der Waals surface area (Å²) in [6, 6.07) is 7.32. The standard InChI is InChI=1S/C13H12N2O4S2/c16-12(17)11-13(20-7-14-11)21(18,19)15-10-6-5-8-3-1-2-4-9(8)10/h1-4,7,10,15H,5-6H2,(H,16,17). The molecule has 8 heteroatoms. The number of aromatic nitrogens is 1. The minimum atomic E-state index is -3.89. The van der Waals surface area contributed by atoms with E-state index in [2.05, 4.69) is 9.71 Å². The molecular weight excluding hydrogens is 312 g/mol. The number of fused-ring (bicyclic) bond motifs is 1. The van der Waals surface area contributed by atoms with E-state index in [1.165, 1.54) is 5.51 Å². The second kappa shape index (κ2) is 5.21. The second-order valence-corrected chi connectivity index (χ2v) is 7.47. The molecule has 0 saturated carbocycles. The average molecular weight is 324 g/mol. The molecule has 2 aromatic rings. The topological polar surface area (TPSA) is 96.4 Å². The third-order valence-electron chi connectivity index (χ3n) is 3.41. The first kappa shape index (κ1) is 14.2. The van der Waals surface area contributed by atoms with E-state index >= 15 is 0 Å². The highest BCUT2D eigenvalue weighted by Crippen LogP contribution is 2.32. The number of sulfonamides is 1. The highest BCUT2D eigenvalue weighted by molar-refractivity contribution is 7.91. The lowest BCUT2D eigenvalue weighted by molar-refractivity contribution is 0.0687. The molecule has 0 spiro atoms. The summed E-state index contributed by atoms with van der Waals surface area (Å²) in [5.74, 6) is -1.34. The van der Waals surface area contributed by atoms with Gasteiger partial charge in [-0.1, -0.05) is 24.3 Å². The Balaban J connectivity index is 1.91. The summed E-state index contributed by atoms with van der Waals surface area (Å²) in [7, 11) is -3.89. The van der Waals surface area contributed by atoms with Gasteiger partial charge in [-0.15, -0.1) is 11.3 Å². The third kappa shape index (κ3) is 2.57. The lowest BCUT2D eigenvalue weighted by Gasteiger charge is -2.13. The van der Waals surface area contributed by atoms with Crippen LogP contribution in [0.15, 0.2) is 34.0 Å². The van der Waals surface area contributed by atoms with Crippen LogP contribution in [0.3, 0.4) is 0 Å². The quantitative estimate of drug-likeness (QED) is 0.894. The molecule has 0 aliphatic heterocycles. The molecule has 21 heavy (non-hydrogen) atoms. The van der Waals surface area contributed by atoms with Crippen molar-refractivity contribution in [3.8, 4) is 0 Å². The van der Waals surface area contributed by atoms with Crippen LogP contribution in [0.2, 0.25) is 0 Å². The van der Waals surface area contributed by atoms with Crippen LogP contribution in [0.5, 0.6) is 0 Å². The van der Waals surface area contributed by atoms with Crippen molar-refractivity contribution in [2.24, 2.45) is 0 Å². The zero-order chi connectivity index (χ0) is 15.0. The van der Waals surface area contributed by atoms with Crippen molar-refractivity contribution >= 4 is 27.3 Å². The first-order chi connectivity index (χ1) is 9.99. The van der Waals surface area contributed by atoms with Crippen molar-refractivity contribution < 1.29 is 18.3 Å². The van der Waals surface area contributed by atoms with Crippen LogP contribution in [0.4, 0.5) is 0 Å².